The van der Waals surface area contributed by atoms with Crippen LogP contribution in [-0.2, 0) is 9.59 Å². The molecule has 0 heterocycles. The molecule has 0 aromatic rings. The van der Waals surface area contributed by atoms with Crippen molar-refractivity contribution in [2.45, 2.75) is 25.4 Å². The summed E-state index contributed by atoms with van der Waals surface area (Å²) in [6, 6.07) is -0.480. The minimum Gasteiger partial charge on any atom is -0.479 e. The van der Waals surface area contributed by atoms with Crippen LogP contribution in [0.4, 0.5) is 4.79 Å². The maximum absolute atomic E-state index is 11.1. The summed E-state index contributed by atoms with van der Waals surface area (Å²) in [5, 5.41) is 22.1. The molecular weight excluding hydrogens is 230 g/mol. The van der Waals surface area contributed by atoms with E-state index in [0.29, 0.717) is 13.0 Å². The number of nitrogens with two attached hydrogens (primary N) is 1. The molecule has 0 aromatic heterocycles. The molecule has 0 unspecified atom stereocenters. The van der Waals surface area contributed by atoms with Crippen LogP contribution in [-0.4, -0.2) is 47.3 Å². The van der Waals surface area contributed by atoms with Crippen molar-refractivity contribution in [3.05, 3.63) is 0 Å². The zero-order chi connectivity index (χ0) is 13.3. The third-order valence-corrected chi connectivity index (χ3v) is 1.87. The third kappa shape index (κ3) is 9.12. The van der Waals surface area contributed by atoms with Gasteiger partial charge in [0.25, 0.3) is 0 Å². The van der Waals surface area contributed by atoms with Crippen molar-refractivity contribution in [3.8, 4) is 0 Å². The van der Waals surface area contributed by atoms with Crippen LogP contribution in [0.15, 0.2) is 0 Å². The number of amides is 3. The highest BCUT2D eigenvalue weighted by molar-refractivity contribution is 5.75. The number of hydrogen-bond acceptors (Lipinski definition) is 4. The number of carbonyl (C=O) groups is 3. The van der Waals surface area contributed by atoms with Crippen LogP contribution < -0.4 is 16.4 Å². The van der Waals surface area contributed by atoms with Crippen molar-refractivity contribution in [2.24, 2.45) is 5.73 Å². The Morgan fingerprint density at radius 2 is 1.76 bits per heavy atom. The molecule has 0 radical (unpaired) electrons. The number of aliphatic carboxylic acids is 1. The SMILES string of the molecule is NC(=O)CCCNC(=O)NCC[C@H](O)C(=O)O. The highest BCUT2D eigenvalue weighted by Crippen LogP contribution is 1.89. The van der Waals surface area contributed by atoms with Gasteiger partial charge in [0.1, 0.15) is 0 Å². The van der Waals surface area contributed by atoms with Crippen LogP contribution in [0.1, 0.15) is 19.3 Å². The van der Waals surface area contributed by atoms with E-state index in [9.17, 15) is 14.4 Å². The summed E-state index contributed by atoms with van der Waals surface area (Å²) in [6.07, 6.45) is -0.909. The molecule has 0 aliphatic rings. The van der Waals surface area contributed by atoms with E-state index in [2.05, 4.69) is 10.6 Å². The van der Waals surface area contributed by atoms with Gasteiger partial charge < -0.3 is 26.6 Å². The van der Waals surface area contributed by atoms with Gasteiger partial charge in [0.05, 0.1) is 0 Å². The van der Waals surface area contributed by atoms with Gasteiger partial charge in [0.15, 0.2) is 6.10 Å². The monoisotopic (exact) mass is 247 g/mol. The Hall–Kier alpha value is -1.83. The fourth-order valence-corrected chi connectivity index (χ4v) is 0.973. The summed E-state index contributed by atoms with van der Waals surface area (Å²) in [5.74, 6) is -1.76. The Morgan fingerprint density at radius 1 is 1.18 bits per heavy atom. The molecule has 0 aliphatic heterocycles. The Morgan fingerprint density at radius 3 is 2.29 bits per heavy atom. The van der Waals surface area contributed by atoms with Gasteiger partial charge in [-0.3, -0.25) is 4.79 Å². The maximum Gasteiger partial charge on any atom is 0.332 e. The first-order valence-corrected chi connectivity index (χ1v) is 5.14. The molecule has 17 heavy (non-hydrogen) atoms. The van der Waals surface area contributed by atoms with E-state index in [4.69, 9.17) is 15.9 Å². The first-order chi connectivity index (χ1) is 7.93. The number of nitrogens with one attached hydrogen (secondary N) is 2. The summed E-state index contributed by atoms with van der Waals surface area (Å²) in [5.41, 5.74) is 4.90. The molecule has 0 saturated heterocycles. The predicted octanol–water partition coefficient (Wildman–Crippen LogP) is -1.61. The van der Waals surface area contributed by atoms with Gasteiger partial charge in [-0.2, -0.15) is 0 Å². The van der Waals surface area contributed by atoms with E-state index in [1.165, 1.54) is 0 Å². The maximum atomic E-state index is 11.1. The second kappa shape index (κ2) is 8.34. The lowest BCUT2D eigenvalue weighted by molar-refractivity contribution is -0.146. The second-order valence-corrected chi connectivity index (χ2v) is 3.40. The summed E-state index contributed by atoms with van der Waals surface area (Å²) in [4.78, 5) is 31.7. The van der Waals surface area contributed by atoms with Gasteiger partial charge in [-0.15, -0.1) is 0 Å². The highest BCUT2D eigenvalue weighted by atomic mass is 16.4. The van der Waals surface area contributed by atoms with Gasteiger partial charge in [0, 0.05) is 25.9 Å². The lowest BCUT2D eigenvalue weighted by Gasteiger charge is -2.08. The van der Waals surface area contributed by atoms with Gasteiger partial charge in [-0.1, -0.05) is 0 Å². The molecule has 0 spiro atoms. The van der Waals surface area contributed by atoms with Crippen LogP contribution in [0.5, 0.6) is 0 Å². The quantitative estimate of drug-likeness (QED) is 0.328. The molecule has 0 rings (SSSR count). The Balaban J connectivity index is 3.47. The fourth-order valence-electron chi connectivity index (χ4n) is 0.973. The molecule has 0 saturated carbocycles. The topological polar surface area (TPSA) is 142 Å². The van der Waals surface area contributed by atoms with Crippen LogP contribution >= 0.6 is 0 Å². The van der Waals surface area contributed by atoms with E-state index >= 15 is 0 Å². The fraction of sp³-hybridized carbons (Fsp3) is 0.667. The number of carboxylic acid groups (broad SMARTS) is 1. The van der Waals surface area contributed by atoms with E-state index in [1.54, 1.807) is 0 Å². The number of aliphatic hydroxyl groups excluding tert-OH is 1. The Kier molecular flexibility index (Phi) is 7.44. The minimum absolute atomic E-state index is 0.0507. The van der Waals surface area contributed by atoms with Crippen LogP contribution in [0.25, 0.3) is 0 Å². The lowest BCUT2D eigenvalue weighted by atomic mass is 10.2. The average molecular weight is 247 g/mol. The lowest BCUT2D eigenvalue weighted by Crippen LogP contribution is -2.38. The van der Waals surface area contributed by atoms with Gasteiger partial charge in [-0.25, -0.2) is 9.59 Å². The van der Waals surface area contributed by atoms with Crippen molar-refractivity contribution in [2.75, 3.05) is 13.1 Å². The summed E-state index contributed by atoms with van der Waals surface area (Å²) in [7, 11) is 0. The Labute approximate surface area is 98.2 Å². The first kappa shape index (κ1) is 15.2. The molecule has 0 aromatic carbocycles. The summed E-state index contributed by atoms with van der Waals surface area (Å²) < 4.78 is 0. The number of rotatable bonds is 8. The smallest absolute Gasteiger partial charge is 0.332 e. The highest BCUT2D eigenvalue weighted by Gasteiger charge is 2.12. The Bertz CT molecular complexity index is 282. The second-order valence-electron chi connectivity index (χ2n) is 3.40. The van der Waals surface area contributed by atoms with Crippen molar-refractivity contribution < 1.29 is 24.6 Å². The summed E-state index contributed by atoms with van der Waals surface area (Å²) in [6.45, 7) is 0.353. The normalized spacial score (nSPS) is 11.6. The van der Waals surface area contributed by atoms with Crippen molar-refractivity contribution in [3.63, 3.8) is 0 Å². The molecule has 0 fully saturated rings. The van der Waals surface area contributed by atoms with Crippen LogP contribution in [0.3, 0.4) is 0 Å². The number of carboxylic acids is 1. The molecule has 0 aliphatic carbocycles. The van der Waals surface area contributed by atoms with Crippen molar-refractivity contribution in [1.29, 1.82) is 0 Å². The number of urea groups is 1. The van der Waals surface area contributed by atoms with Gasteiger partial charge >= 0.3 is 12.0 Å². The number of primary amides is 1. The number of carbonyl (C=O) groups excluding carboxylic acids is 2. The van der Waals surface area contributed by atoms with E-state index in [1.807, 2.05) is 0 Å². The molecular formula is C9H17N3O5. The van der Waals surface area contributed by atoms with Crippen molar-refractivity contribution in [1.82, 2.24) is 10.6 Å². The van der Waals surface area contributed by atoms with E-state index in [0.717, 1.165) is 0 Å². The third-order valence-electron chi connectivity index (χ3n) is 1.87. The zero-order valence-electron chi connectivity index (χ0n) is 9.31. The molecule has 3 amide bonds. The van der Waals surface area contributed by atoms with Gasteiger partial charge in [-0.05, 0) is 6.42 Å². The molecule has 6 N–H and O–H groups in total. The molecule has 1 atom stereocenters. The zero-order valence-corrected chi connectivity index (χ0v) is 9.31. The predicted molar refractivity (Wildman–Crippen MR) is 58.1 cm³/mol. The largest absolute Gasteiger partial charge is 0.479 e. The minimum atomic E-state index is -1.48. The number of hydrogen-bond donors (Lipinski definition) is 5. The standard InChI is InChI=1S/C9H17N3O5/c10-7(14)2-1-4-11-9(17)12-5-3-6(13)8(15)16/h6,13H,1-5H2,(H2,10,14)(H,15,16)(H2,11,12,17)/t6-/m0/s1. The van der Waals surface area contributed by atoms with Gasteiger partial charge in [0.2, 0.25) is 5.91 Å². The summed E-state index contributed by atoms with van der Waals surface area (Å²) >= 11 is 0. The molecule has 8 heteroatoms. The van der Waals surface area contributed by atoms with Crippen LogP contribution in [0, 0.1) is 0 Å². The molecule has 98 valence electrons. The molecule has 8 nitrogen and oxygen atoms in total. The number of aliphatic hydroxyl groups is 1. The first-order valence-electron chi connectivity index (χ1n) is 5.14. The van der Waals surface area contributed by atoms with E-state index in [-0.39, 0.29) is 19.4 Å². The van der Waals surface area contributed by atoms with Crippen LogP contribution in [0.2, 0.25) is 0 Å². The van der Waals surface area contributed by atoms with E-state index < -0.39 is 24.0 Å². The average Bonchev–Trinajstić information content (AvgIpc) is 2.23. The van der Waals surface area contributed by atoms with Crippen molar-refractivity contribution >= 4 is 17.9 Å². The molecule has 0 bridgehead atoms.